The molecule has 94 valence electrons. The van der Waals surface area contributed by atoms with Gasteiger partial charge in [0.15, 0.2) is 0 Å². The molecule has 0 spiro atoms. The molecule has 1 aromatic heterocycles. The van der Waals surface area contributed by atoms with E-state index in [1.807, 2.05) is 18.2 Å². The van der Waals surface area contributed by atoms with Crippen molar-refractivity contribution in [1.29, 1.82) is 0 Å². The number of anilines is 1. The lowest BCUT2D eigenvalue weighted by molar-refractivity contribution is 0.331. The normalized spacial score (nSPS) is 24.4. The van der Waals surface area contributed by atoms with Crippen LogP contribution in [0.4, 0.5) is 5.82 Å². The van der Waals surface area contributed by atoms with Gasteiger partial charge in [0.25, 0.3) is 0 Å². The number of pyridine rings is 1. The van der Waals surface area contributed by atoms with Gasteiger partial charge in [-0.25, -0.2) is 0 Å². The van der Waals surface area contributed by atoms with E-state index in [2.05, 4.69) is 10.3 Å². The fourth-order valence-corrected chi connectivity index (χ4v) is 2.48. The van der Waals surface area contributed by atoms with E-state index in [9.17, 15) is 0 Å². The number of nitrogens with one attached hydrogen (secondary N) is 1. The van der Waals surface area contributed by atoms with E-state index < -0.39 is 0 Å². The summed E-state index contributed by atoms with van der Waals surface area (Å²) in [4.78, 5) is 4.38. The van der Waals surface area contributed by atoms with E-state index in [-0.39, 0.29) is 0 Å². The molecule has 1 aliphatic rings. The van der Waals surface area contributed by atoms with Crippen molar-refractivity contribution < 1.29 is 4.74 Å². The maximum absolute atomic E-state index is 5.82. The molecule has 0 saturated heterocycles. The average molecular weight is 235 g/mol. The van der Waals surface area contributed by atoms with Crippen LogP contribution in [0.25, 0.3) is 0 Å². The lowest BCUT2D eigenvalue weighted by Gasteiger charge is -2.31. The summed E-state index contributed by atoms with van der Waals surface area (Å²) in [7, 11) is 1.63. The van der Waals surface area contributed by atoms with Crippen molar-refractivity contribution in [3.63, 3.8) is 0 Å². The first-order chi connectivity index (χ1) is 8.33. The molecule has 0 amide bonds. The van der Waals surface area contributed by atoms with Crippen LogP contribution in [-0.2, 0) is 0 Å². The molecule has 1 saturated carbocycles. The van der Waals surface area contributed by atoms with Crippen LogP contribution in [0, 0.1) is 5.92 Å². The van der Waals surface area contributed by atoms with Crippen molar-refractivity contribution in [2.45, 2.75) is 31.7 Å². The van der Waals surface area contributed by atoms with Gasteiger partial charge in [-0.3, -0.25) is 0 Å². The first kappa shape index (κ1) is 12.2. The number of rotatable bonds is 4. The minimum absolute atomic E-state index is 0.452. The maximum atomic E-state index is 5.82. The van der Waals surface area contributed by atoms with E-state index in [0.29, 0.717) is 17.8 Å². The second-order valence-corrected chi connectivity index (χ2v) is 4.60. The Morgan fingerprint density at radius 3 is 3.00 bits per heavy atom. The Morgan fingerprint density at radius 1 is 1.41 bits per heavy atom. The monoisotopic (exact) mass is 235 g/mol. The van der Waals surface area contributed by atoms with Gasteiger partial charge < -0.3 is 15.8 Å². The quantitative estimate of drug-likeness (QED) is 0.838. The van der Waals surface area contributed by atoms with E-state index in [1.165, 1.54) is 25.7 Å². The Bertz CT molecular complexity index is 356. The first-order valence-electron chi connectivity index (χ1n) is 6.31. The van der Waals surface area contributed by atoms with Crippen molar-refractivity contribution in [1.82, 2.24) is 4.98 Å². The van der Waals surface area contributed by atoms with Gasteiger partial charge in [0.05, 0.1) is 7.11 Å². The van der Waals surface area contributed by atoms with Gasteiger partial charge in [-0.1, -0.05) is 18.9 Å². The summed E-state index contributed by atoms with van der Waals surface area (Å²) in [6.45, 7) is 0.752. The van der Waals surface area contributed by atoms with Gasteiger partial charge in [-0.05, 0) is 31.4 Å². The van der Waals surface area contributed by atoms with Crippen LogP contribution in [0.15, 0.2) is 18.2 Å². The van der Waals surface area contributed by atoms with Crippen LogP contribution < -0.4 is 15.8 Å². The molecule has 1 heterocycles. The fraction of sp³-hybridized carbons (Fsp3) is 0.615. The summed E-state index contributed by atoms with van der Waals surface area (Å²) in [5, 5.41) is 3.49. The minimum atomic E-state index is 0.452. The molecule has 0 bridgehead atoms. The zero-order valence-electron chi connectivity index (χ0n) is 10.4. The Labute approximate surface area is 103 Å². The molecule has 1 fully saturated rings. The second kappa shape index (κ2) is 5.87. The van der Waals surface area contributed by atoms with Crippen LogP contribution in [0.5, 0.6) is 5.88 Å². The molecule has 1 aliphatic carbocycles. The predicted molar refractivity (Wildman–Crippen MR) is 69.2 cm³/mol. The van der Waals surface area contributed by atoms with Crippen LogP contribution >= 0.6 is 0 Å². The van der Waals surface area contributed by atoms with Gasteiger partial charge in [0.2, 0.25) is 5.88 Å². The fourth-order valence-electron chi connectivity index (χ4n) is 2.48. The zero-order chi connectivity index (χ0) is 12.1. The molecular formula is C13H21N3O. The number of nitrogens with zero attached hydrogens (tertiary/aromatic N) is 1. The van der Waals surface area contributed by atoms with E-state index >= 15 is 0 Å². The first-order valence-corrected chi connectivity index (χ1v) is 6.31. The highest BCUT2D eigenvalue weighted by Crippen LogP contribution is 2.26. The second-order valence-electron chi connectivity index (χ2n) is 4.60. The third-order valence-corrected chi connectivity index (χ3v) is 3.48. The average Bonchev–Trinajstić information content (AvgIpc) is 2.39. The Kier molecular flexibility index (Phi) is 4.20. The molecule has 1 aromatic rings. The van der Waals surface area contributed by atoms with Crippen LogP contribution in [0.3, 0.4) is 0 Å². The smallest absolute Gasteiger partial charge is 0.214 e. The van der Waals surface area contributed by atoms with E-state index in [1.54, 1.807) is 7.11 Å². The molecule has 4 nitrogen and oxygen atoms in total. The minimum Gasteiger partial charge on any atom is -0.481 e. The lowest BCUT2D eigenvalue weighted by Crippen LogP contribution is -2.36. The lowest BCUT2D eigenvalue weighted by atomic mass is 9.84. The summed E-state index contributed by atoms with van der Waals surface area (Å²) in [5.41, 5.74) is 5.82. The molecule has 0 aliphatic heterocycles. The highest BCUT2D eigenvalue weighted by Gasteiger charge is 2.23. The molecule has 3 N–H and O–H groups in total. The van der Waals surface area contributed by atoms with Crippen LogP contribution in [-0.4, -0.2) is 24.7 Å². The molecule has 4 heteroatoms. The zero-order valence-corrected chi connectivity index (χ0v) is 10.4. The number of aromatic nitrogens is 1. The Balaban J connectivity index is 2.02. The number of nitrogens with two attached hydrogens (primary N) is 1. The van der Waals surface area contributed by atoms with Gasteiger partial charge in [-0.15, -0.1) is 0 Å². The van der Waals surface area contributed by atoms with E-state index in [0.717, 1.165) is 12.4 Å². The van der Waals surface area contributed by atoms with Gasteiger partial charge in [0.1, 0.15) is 5.82 Å². The number of methoxy groups -OCH3 is 1. The topological polar surface area (TPSA) is 60.2 Å². The van der Waals surface area contributed by atoms with Crippen molar-refractivity contribution in [3.05, 3.63) is 18.2 Å². The summed E-state index contributed by atoms with van der Waals surface area (Å²) < 4.78 is 5.12. The summed E-state index contributed by atoms with van der Waals surface area (Å²) in [6, 6.07) is 6.24. The van der Waals surface area contributed by atoms with Crippen molar-refractivity contribution in [3.8, 4) is 5.88 Å². The van der Waals surface area contributed by atoms with E-state index in [4.69, 9.17) is 10.5 Å². The summed E-state index contributed by atoms with van der Waals surface area (Å²) in [5.74, 6) is 2.10. The van der Waals surface area contributed by atoms with Crippen LogP contribution in [0.2, 0.25) is 0 Å². The summed E-state index contributed by atoms with van der Waals surface area (Å²) in [6.07, 6.45) is 4.97. The van der Waals surface area contributed by atoms with Crippen molar-refractivity contribution >= 4 is 5.82 Å². The largest absolute Gasteiger partial charge is 0.481 e. The molecule has 0 aromatic carbocycles. The third kappa shape index (κ3) is 3.09. The van der Waals surface area contributed by atoms with Crippen LogP contribution in [0.1, 0.15) is 25.7 Å². The Hall–Kier alpha value is -1.29. The maximum Gasteiger partial charge on any atom is 0.214 e. The highest BCUT2D eigenvalue weighted by atomic mass is 16.5. The number of ether oxygens (including phenoxy) is 1. The molecule has 2 unspecified atom stereocenters. The van der Waals surface area contributed by atoms with Gasteiger partial charge in [0, 0.05) is 12.1 Å². The molecule has 17 heavy (non-hydrogen) atoms. The third-order valence-electron chi connectivity index (χ3n) is 3.48. The predicted octanol–water partition coefficient (Wildman–Crippen LogP) is 2.02. The molecular weight excluding hydrogens is 214 g/mol. The van der Waals surface area contributed by atoms with Gasteiger partial charge >= 0.3 is 0 Å². The molecule has 2 atom stereocenters. The Morgan fingerprint density at radius 2 is 2.24 bits per heavy atom. The number of hydrogen-bond acceptors (Lipinski definition) is 4. The highest BCUT2D eigenvalue weighted by molar-refractivity contribution is 5.38. The van der Waals surface area contributed by atoms with Gasteiger partial charge in [-0.2, -0.15) is 4.98 Å². The number of hydrogen-bond donors (Lipinski definition) is 2. The molecule has 2 rings (SSSR count). The molecule has 0 radical (unpaired) electrons. The summed E-state index contributed by atoms with van der Waals surface area (Å²) >= 11 is 0. The SMILES string of the molecule is COc1cccc(NC2CCCCC2CN)n1. The standard InChI is InChI=1S/C13H21N3O/c1-17-13-8-4-7-12(16-13)15-11-6-3-2-5-10(11)9-14/h4,7-8,10-11H,2-3,5-6,9,14H2,1H3,(H,15,16). The van der Waals surface area contributed by atoms with Crippen molar-refractivity contribution in [2.24, 2.45) is 11.7 Å². The van der Waals surface area contributed by atoms with Crippen molar-refractivity contribution in [2.75, 3.05) is 19.0 Å².